The van der Waals surface area contributed by atoms with Gasteiger partial charge in [0.05, 0.1) is 12.7 Å². The van der Waals surface area contributed by atoms with Crippen molar-refractivity contribution in [1.82, 2.24) is 4.98 Å². The summed E-state index contributed by atoms with van der Waals surface area (Å²) in [7, 11) is 1.57. The van der Waals surface area contributed by atoms with Crippen LogP contribution in [0.4, 0.5) is 5.69 Å². The van der Waals surface area contributed by atoms with Gasteiger partial charge in [-0.25, -0.2) is 4.98 Å². The molecule has 1 N–H and O–H groups in total. The minimum atomic E-state index is -0.230. The van der Waals surface area contributed by atoms with Crippen LogP contribution in [0.1, 0.15) is 27.0 Å². The van der Waals surface area contributed by atoms with Crippen LogP contribution in [-0.2, 0) is 0 Å². The first-order chi connectivity index (χ1) is 14.0. The summed E-state index contributed by atoms with van der Waals surface area (Å²) in [6.07, 6.45) is 0. The zero-order chi connectivity index (χ0) is 20.5. The molecule has 0 unspecified atom stereocenters. The molecule has 1 amide bonds. The van der Waals surface area contributed by atoms with Gasteiger partial charge in [-0.15, -0.1) is 0 Å². The van der Waals surface area contributed by atoms with Crippen molar-refractivity contribution in [3.05, 3.63) is 76.9 Å². The Kier molecular flexibility index (Phi) is 4.80. The second-order valence-corrected chi connectivity index (χ2v) is 7.14. The smallest absolute Gasteiger partial charge is 0.259 e. The van der Waals surface area contributed by atoms with Crippen LogP contribution < -0.4 is 10.1 Å². The molecule has 1 heterocycles. The minimum absolute atomic E-state index is 0.230. The van der Waals surface area contributed by atoms with Gasteiger partial charge < -0.3 is 14.5 Å². The molecule has 0 spiro atoms. The van der Waals surface area contributed by atoms with E-state index in [-0.39, 0.29) is 5.91 Å². The highest BCUT2D eigenvalue weighted by atomic mass is 16.5. The lowest BCUT2D eigenvalue weighted by atomic mass is 10.1. The van der Waals surface area contributed by atoms with Gasteiger partial charge >= 0.3 is 0 Å². The number of oxazole rings is 1. The fraction of sp³-hybridized carbons (Fsp3) is 0.167. The Morgan fingerprint density at radius 1 is 1.00 bits per heavy atom. The van der Waals surface area contributed by atoms with Crippen LogP contribution in [0.3, 0.4) is 0 Å². The normalized spacial score (nSPS) is 10.9. The molecule has 5 nitrogen and oxygen atoms in total. The van der Waals surface area contributed by atoms with E-state index in [2.05, 4.69) is 16.4 Å². The van der Waals surface area contributed by atoms with Crippen molar-refractivity contribution in [3.63, 3.8) is 0 Å². The lowest BCUT2D eigenvalue weighted by molar-refractivity contribution is 0.102. The third-order valence-electron chi connectivity index (χ3n) is 4.85. The maximum Gasteiger partial charge on any atom is 0.259 e. The topological polar surface area (TPSA) is 64.4 Å². The first kappa shape index (κ1) is 18.7. The fourth-order valence-electron chi connectivity index (χ4n) is 3.53. The monoisotopic (exact) mass is 386 g/mol. The number of ether oxygens (including phenoxy) is 1. The van der Waals surface area contributed by atoms with E-state index in [0.717, 1.165) is 33.4 Å². The van der Waals surface area contributed by atoms with Gasteiger partial charge in [0.1, 0.15) is 11.3 Å². The number of anilines is 1. The molecule has 0 saturated carbocycles. The fourth-order valence-corrected chi connectivity index (χ4v) is 3.53. The summed E-state index contributed by atoms with van der Waals surface area (Å²) in [4.78, 5) is 17.4. The van der Waals surface area contributed by atoms with E-state index < -0.39 is 0 Å². The van der Waals surface area contributed by atoms with Gasteiger partial charge in [-0.2, -0.15) is 0 Å². The number of hydrogen-bond acceptors (Lipinski definition) is 4. The largest absolute Gasteiger partial charge is 0.496 e. The summed E-state index contributed by atoms with van der Waals surface area (Å²) >= 11 is 0. The third-order valence-corrected chi connectivity index (χ3v) is 4.85. The summed E-state index contributed by atoms with van der Waals surface area (Å²) in [5.74, 6) is 0.871. The van der Waals surface area contributed by atoms with Crippen molar-refractivity contribution < 1.29 is 13.9 Å². The summed E-state index contributed by atoms with van der Waals surface area (Å²) in [6.45, 7) is 5.96. The Bertz CT molecular complexity index is 1220. The molecule has 0 radical (unpaired) electrons. The molecule has 0 fully saturated rings. The molecule has 0 aliphatic rings. The SMILES string of the molecule is COc1c(C)cccc1C(=O)Nc1cccc(-c2nc3cc(C)cc(C)c3o2)c1. The van der Waals surface area contributed by atoms with E-state index in [9.17, 15) is 4.79 Å². The maximum atomic E-state index is 12.8. The summed E-state index contributed by atoms with van der Waals surface area (Å²) < 4.78 is 11.4. The predicted octanol–water partition coefficient (Wildman–Crippen LogP) is 5.68. The third kappa shape index (κ3) is 3.59. The number of aryl methyl sites for hydroxylation is 3. The van der Waals surface area contributed by atoms with Gasteiger partial charge in [0, 0.05) is 11.3 Å². The van der Waals surface area contributed by atoms with E-state index in [0.29, 0.717) is 22.9 Å². The van der Waals surface area contributed by atoms with Crippen molar-refractivity contribution in [2.45, 2.75) is 20.8 Å². The number of carbonyl (C=O) groups is 1. The molecule has 4 rings (SSSR count). The molecular formula is C24H22N2O3. The molecule has 29 heavy (non-hydrogen) atoms. The van der Waals surface area contributed by atoms with Crippen LogP contribution in [0, 0.1) is 20.8 Å². The lowest BCUT2D eigenvalue weighted by Crippen LogP contribution is -2.13. The van der Waals surface area contributed by atoms with Gasteiger partial charge in [-0.1, -0.05) is 24.3 Å². The second-order valence-electron chi connectivity index (χ2n) is 7.14. The van der Waals surface area contributed by atoms with Crippen LogP contribution in [0.2, 0.25) is 0 Å². The molecule has 3 aromatic carbocycles. The van der Waals surface area contributed by atoms with Crippen LogP contribution in [0.25, 0.3) is 22.6 Å². The van der Waals surface area contributed by atoms with Crippen molar-refractivity contribution in [3.8, 4) is 17.2 Å². The average molecular weight is 386 g/mol. The van der Waals surface area contributed by atoms with Crippen LogP contribution >= 0.6 is 0 Å². The van der Waals surface area contributed by atoms with E-state index >= 15 is 0 Å². The first-order valence-corrected chi connectivity index (χ1v) is 9.39. The number of carbonyl (C=O) groups excluding carboxylic acids is 1. The highest BCUT2D eigenvalue weighted by Gasteiger charge is 2.15. The molecule has 0 saturated heterocycles. The molecule has 0 bridgehead atoms. The van der Waals surface area contributed by atoms with E-state index in [4.69, 9.17) is 9.15 Å². The zero-order valence-corrected chi connectivity index (χ0v) is 16.9. The van der Waals surface area contributed by atoms with Crippen molar-refractivity contribution in [1.29, 1.82) is 0 Å². The summed E-state index contributed by atoms with van der Waals surface area (Å²) in [5, 5.41) is 2.94. The lowest BCUT2D eigenvalue weighted by Gasteiger charge is -2.11. The summed E-state index contributed by atoms with van der Waals surface area (Å²) in [6, 6.07) is 17.0. The highest BCUT2D eigenvalue weighted by molar-refractivity contribution is 6.06. The highest BCUT2D eigenvalue weighted by Crippen LogP contribution is 2.29. The van der Waals surface area contributed by atoms with Crippen LogP contribution in [0.5, 0.6) is 5.75 Å². The number of amides is 1. The van der Waals surface area contributed by atoms with Crippen LogP contribution in [0.15, 0.2) is 59.0 Å². The van der Waals surface area contributed by atoms with Crippen molar-refractivity contribution >= 4 is 22.7 Å². The second kappa shape index (κ2) is 7.43. The Balaban J connectivity index is 1.65. The first-order valence-electron chi connectivity index (χ1n) is 9.39. The average Bonchev–Trinajstić information content (AvgIpc) is 3.12. The maximum absolute atomic E-state index is 12.8. The van der Waals surface area contributed by atoms with Gasteiger partial charge in [0.2, 0.25) is 5.89 Å². The molecule has 1 aromatic heterocycles. The van der Waals surface area contributed by atoms with E-state index in [1.807, 2.05) is 63.2 Å². The van der Waals surface area contributed by atoms with Gasteiger partial charge in [-0.05, 0) is 67.8 Å². The predicted molar refractivity (Wildman–Crippen MR) is 115 cm³/mol. The quantitative estimate of drug-likeness (QED) is 0.490. The number of rotatable bonds is 4. The number of benzene rings is 3. The molecule has 0 aliphatic carbocycles. The van der Waals surface area contributed by atoms with Crippen LogP contribution in [-0.4, -0.2) is 18.0 Å². The Labute approximate surface area is 169 Å². The minimum Gasteiger partial charge on any atom is -0.496 e. The molecule has 5 heteroatoms. The number of fused-ring (bicyclic) bond motifs is 1. The number of nitrogens with one attached hydrogen (secondary N) is 1. The number of aromatic nitrogens is 1. The molecular weight excluding hydrogens is 364 g/mol. The number of para-hydroxylation sites is 1. The number of methoxy groups -OCH3 is 1. The Hall–Kier alpha value is -3.60. The van der Waals surface area contributed by atoms with E-state index in [1.54, 1.807) is 13.2 Å². The van der Waals surface area contributed by atoms with Crippen molar-refractivity contribution in [2.24, 2.45) is 0 Å². The Morgan fingerprint density at radius 2 is 1.79 bits per heavy atom. The number of nitrogens with zero attached hydrogens (tertiary/aromatic N) is 1. The number of hydrogen-bond donors (Lipinski definition) is 1. The molecule has 146 valence electrons. The van der Waals surface area contributed by atoms with Crippen molar-refractivity contribution in [2.75, 3.05) is 12.4 Å². The summed E-state index contributed by atoms with van der Waals surface area (Å²) in [5.41, 5.74) is 6.66. The van der Waals surface area contributed by atoms with Gasteiger partial charge in [0.15, 0.2) is 5.58 Å². The van der Waals surface area contributed by atoms with E-state index in [1.165, 1.54) is 0 Å². The molecule has 0 aliphatic heterocycles. The standard InChI is InChI=1S/C24H22N2O3/c1-14-11-16(3)22-20(12-14)26-24(29-22)17-8-6-9-18(13-17)25-23(27)19-10-5-7-15(2)21(19)28-4/h5-13H,1-4H3,(H,25,27). The molecule has 0 atom stereocenters. The van der Waals surface area contributed by atoms with Gasteiger partial charge in [0.25, 0.3) is 5.91 Å². The van der Waals surface area contributed by atoms with Gasteiger partial charge in [-0.3, -0.25) is 4.79 Å². The molecule has 4 aromatic rings. The zero-order valence-electron chi connectivity index (χ0n) is 16.9. The Morgan fingerprint density at radius 3 is 2.59 bits per heavy atom.